The van der Waals surface area contributed by atoms with Crippen LogP contribution in [0, 0.1) is 0 Å². The Hall–Kier alpha value is -0.900. The quantitative estimate of drug-likeness (QED) is 0.772. The summed E-state index contributed by atoms with van der Waals surface area (Å²) < 4.78 is 0. The Morgan fingerprint density at radius 1 is 1.75 bits per heavy atom. The number of nitrogens with zero attached hydrogens (tertiary/aromatic N) is 1. The first kappa shape index (κ1) is 9.19. The molecule has 0 aliphatic heterocycles. The van der Waals surface area contributed by atoms with Crippen molar-refractivity contribution in [1.29, 1.82) is 0 Å². The number of carbonyl (C=O) groups is 1. The van der Waals surface area contributed by atoms with Crippen LogP contribution in [0.15, 0.2) is 6.20 Å². The first-order valence-corrected chi connectivity index (χ1v) is 4.80. The molecule has 1 aromatic rings. The molecule has 2 N–H and O–H groups in total. The largest absolute Gasteiger partial charge is 0.364 e. The zero-order valence-corrected chi connectivity index (χ0v) is 7.86. The molecule has 66 valence electrons. The number of aromatic nitrogens is 1. The third-order valence-corrected chi connectivity index (χ3v) is 2.61. The molecule has 0 aliphatic carbocycles. The van der Waals surface area contributed by atoms with Gasteiger partial charge in [-0.1, -0.05) is 13.3 Å². The second kappa shape index (κ2) is 4.21. The van der Waals surface area contributed by atoms with Crippen molar-refractivity contribution in [3.63, 3.8) is 0 Å². The minimum Gasteiger partial charge on any atom is -0.364 e. The molecule has 1 rings (SSSR count). The van der Waals surface area contributed by atoms with Crippen molar-refractivity contribution in [2.75, 3.05) is 0 Å². The Bertz CT molecular complexity index is 270. The van der Waals surface area contributed by atoms with Crippen LogP contribution in [-0.4, -0.2) is 10.9 Å². The molecule has 1 aromatic heterocycles. The van der Waals surface area contributed by atoms with Crippen LogP contribution in [-0.2, 0) is 6.42 Å². The smallest absolute Gasteiger partial charge is 0.277 e. The molecule has 0 atom stereocenters. The summed E-state index contributed by atoms with van der Waals surface area (Å²) in [6.45, 7) is 2.13. The molecule has 4 heteroatoms. The summed E-state index contributed by atoms with van der Waals surface area (Å²) in [6.07, 6.45) is 5.03. The van der Waals surface area contributed by atoms with E-state index in [1.54, 1.807) is 6.20 Å². The number of unbranched alkanes of at least 4 members (excludes halogenated alkanes) is 1. The summed E-state index contributed by atoms with van der Waals surface area (Å²) >= 11 is 1.40. The van der Waals surface area contributed by atoms with Gasteiger partial charge in [0.25, 0.3) is 5.91 Å². The van der Waals surface area contributed by atoms with Crippen LogP contribution >= 0.6 is 11.3 Å². The Morgan fingerprint density at radius 2 is 2.50 bits per heavy atom. The SMILES string of the molecule is CCCCc1cnc(C(N)=O)s1. The average Bonchev–Trinajstić information content (AvgIpc) is 2.48. The number of aryl methyl sites for hydroxylation is 1. The molecule has 0 unspecified atom stereocenters. The normalized spacial score (nSPS) is 10.1. The van der Waals surface area contributed by atoms with Gasteiger partial charge in [-0.3, -0.25) is 4.79 Å². The third-order valence-electron chi connectivity index (χ3n) is 1.54. The van der Waals surface area contributed by atoms with Crippen LogP contribution in [0.4, 0.5) is 0 Å². The first-order valence-electron chi connectivity index (χ1n) is 3.98. The fraction of sp³-hybridized carbons (Fsp3) is 0.500. The lowest BCUT2D eigenvalue weighted by Crippen LogP contribution is -2.09. The van der Waals surface area contributed by atoms with E-state index in [9.17, 15) is 4.79 Å². The summed E-state index contributed by atoms with van der Waals surface area (Å²) in [7, 11) is 0. The molecule has 0 saturated heterocycles. The Kier molecular flexibility index (Phi) is 3.22. The van der Waals surface area contributed by atoms with Crippen LogP contribution in [0.5, 0.6) is 0 Å². The Labute approximate surface area is 75.6 Å². The van der Waals surface area contributed by atoms with Crippen LogP contribution in [0.3, 0.4) is 0 Å². The van der Waals surface area contributed by atoms with E-state index in [0.29, 0.717) is 5.01 Å². The topological polar surface area (TPSA) is 56.0 Å². The summed E-state index contributed by atoms with van der Waals surface area (Å²) in [5, 5.41) is 0.418. The number of hydrogen-bond donors (Lipinski definition) is 1. The number of thiazole rings is 1. The third kappa shape index (κ3) is 2.30. The summed E-state index contributed by atoms with van der Waals surface area (Å²) in [5.74, 6) is -0.428. The predicted octanol–water partition coefficient (Wildman–Crippen LogP) is 1.58. The van der Waals surface area contributed by atoms with Crippen molar-refractivity contribution < 1.29 is 4.79 Å². The zero-order chi connectivity index (χ0) is 8.97. The average molecular weight is 184 g/mol. The molecule has 0 aliphatic rings. The molecule has 1 amide bonds. The van der Waals surface area contributed by atoms with Gasteiger partial charge in [-0.25, -0.2) is 4.98 Å². The van der Waals surface area contributed by atoms with E-state index in [1.807, 2.05) is 0 Å². The molecule has 0 fully saturated rings. The Morgan fingerprint density at radius 3 is 3.00 bits per heavy atom. The highest BCUT2D eigenvalue weighted by atomic mass is 32.1. The molecule has 0 bridgehead atoms. The number of rotatable bonds is 4. The Balaban J connectivity index is 2.58. The summed E-state index contributed by atoms with van der Waals surface area (Å²) in [5.41, 5.74) is 5.06. The van der Waals surface area contributed by atoms with E-state index in [4.69, 9.17) is 5.73 Å². The monoisotopic (exact) mass is 184 g/mol. The molecule has 0 spiro atoms. The molecule has 0 aromatic carbocycles. The minimum absolute atomic E-state index is 0.418. The standard InChI is InChI=1S/C8H12N2OS/c1-2-3-4-6-5-10-8(12-6)7(9)11/h5H,2-4H2,1H3,(H2,9,11). The second-order valence-electron chi connectivity index (χ2n) is 2.60. The van der Waals surface area contributed by atoms with Crippen LogP contribution < -0.4 is 5.73 Å². The van der Waals surface area contributed by atoms with Crippen LogP contribution in [0.2, 0.25) is 0 Å². The van der Waals surface area contributed by atoms with E-state index in [2.05, 4.69) is 11.9 Å². The number of hydrogen-bond acceptors (Lipinski definition) is 3. The van der Waals surface area contributed by atoms with E-state index < -0.39 is 5.91 Å². The maximum Gasteiger partial charge on any atom is 0.277 e. The molecular weight excluding hydrogens is 172 g/mol. The van der Waals surface area contributed by atoms with E-state index >= 15 is 0 Å². The minimum atomic E-state index is -0.428. The highest BCUT2D eigenvalue weighted by Gasteiger charge is 2.05. The first-order chi connectivity index (χ1) is 5.74. The van der Waals surface area contributed by atoms with Gasteiger partial charge >= 0.3 is 0 Å². The molecule has 1 heterocycles. The second-order valence-corrected chi connectivity index (χ2v) is 3.71. The van der Waals surface area contributed by atoms with Gasteiger partial charge in [0.15, 0.2) is 5.01 Å². The molecule has 3 nitrogen and oxygen atoms in total. The highest BCUT2D eigenvalue weighted by molar-refractivity contribution is 7.13. The van der Waals surface area contributed by atoms with E-state index in [0.717, 1.165) is 24.1 Å². The number of primary amides is 1. The van der Waals surface area contributed by atoms with Crippen molar-refractivity contribution in [3.8, 4) is 0 Å². The molecular formula is C8H12N2OS. The predicted molar refractivity (Wildman–Crippen MR) is 49.2 cm³/mol. The van der Waals surface area contributed by atoms with Crippen molar-refractivity contribution in [2.24, 2.45) is 5.73 Å². The summed E-state index contributed by atoms with van der Waals surface area (Å²) in [6, 6.07) is 0. The number of carbonyl (C=O) groups excluding carboxylic acids is 1. The van der Waals surface area contributed by atoms with Gasteiger partial charge in [-0.2, -0.15) is 0 Å². The fourth-order valence-electron chi connectivity index (χ4n) is 0.888. The van der Waals surface area contributed by atoms with Crippen LogP contribution in [0.1, 0.15) is 34.4 Å². The maximum absolute atomic E-state index is 10.7. The van der Waals surface area contributed by atoms with Gasteiger partial charge in [0.2, 0.25) is 0 Å². The lowest BCUT2D eigenvalue weighted by atomic mass is 10.2. The molecule has 0 radical (unpaired) electrons. The number of amides is 1. The van der Waals surface area contributed by atoms with Crippen molar-refractivity contribution in [1.82, 2.24) is 4.98 Å². The zero-order valence-electron chi connectivity index (χ0n) is 7.04. The van der Waals surface area contributed by atoms with Crippen molar-refractivity contribution in [2.45, 2.75) is 26.2 Å². The van der Waals surface area contributed by atoms with Gasteiger partial charge in [0.05, 0.1) is 0 Å². The molecule has 0 saturated carbocycles. The summed E-state index contributed by atoms with van der Waals surface area (Å²) in [4.78, 5) is 15.7. The van der Waals surface area contributed by atoms with E-state index in [1.165, 1.54) is 11.3 Å². The highest BCUT2D eigenvalue weighted by Crippen LogP contribution is 2.14. The van der Waals surface area contributed by atoms with Crippen LogP contribution in [0.25, 0.3) is 0 Å². The lowest BCUT2D eigenvalue weighted by Gasteiger charge is -1.90. The maximum atomic E-state index is 10.7. The fourth-order valence-corrected chi connectivity index (χ4v) is 1.69. The van der Waals surface area contributed by atoms with Gasteiger partial charge in [0.1, 0.15) is 0 Å². The lowest BCUT2D eigenvalue weighted by molar-refractivity contribution is 0.1000. The van der Waals surface area contributed by atoms with Gasteiger partial charge in [-0.15, -0.1) is 11.3 Å². The van der Waals surface area contributed by atoms with Crippen molar-refractivity contribution in [3.05, 3.63) is 16.1 Å². The van der Waals surface area contributed by atoms with Crippen molar-refractivity contribution >= 4 is 17.2 Å². The van der Waals surface area contributed by atoms with Gasteiger partial charge < -0.3 is 5.73 Å². The number of nitrogens with two attached hydrogens (primary N) is 1. The molecule has 12 heavy (non-hydrogen) atoms. The van der Waals surface area contributed by atoms with E-state index in [-0.39, 0.29) is 0 Å². The van der Waals surface area contributed by atoms with Gasteiger partial charge in [-0.05, 0) is 12.8 Å². The van der Waals surface area contributed by atoms with Gasteiger partial charge in [0, 0.05) is 11.1 Å².